The van der Waals surface area contributed by atoms with Crippen LogP contribution in [0.15, 0.2) is 5.10 Å². The zero-order valence-corrected chi connectivity index (χ0v) is 14.8. The highest BCUT2D eigenvalue weighted by molar-refractivity contribution is 6.06. The molecule has 0 unspecified atom stereocenters. The number of ether oxygens (including phenoxy) is 1. The standard InChI is InChI=1S/C17H29N3O3/c1-17(2,3)23-16(22)19(4)12-14-11-15(21)20(18-14)10-9-13-7-5-6-8-13/h13H,5-12H2,1-4H3. The van der Waals surface area contributed by atoms with Gasteiger partial charge >= 0.3 is 6.09 Å². The second-order valence-corrected chi connectivity index (χ2v) is 7.64. The number of hydrogen-bond acceptors (Lipinski definition) is 4. The number of nitrogens with zero attached hydrogens (tertiary/aromatic N) is 3. The summed E-state index contributed by atoms with van der Waals surface area (Å²) in [7, 11) is 1.67. The van der Waals surface area contributed by atoms with Crippen LogP contribution in [0.4, 0.5) is 4.79 Å². The zero-order valence-electron chi connectivity index (χ0n) is 14.8. The van der Waals surface area contributed by atoms with Gasteiger partial charge in [0.25, 0.3) is 0 Å². The Labute approximate surface area is 138 Å². The molecule has 2 amide bonds. The third-order valence-corrected chi connectivity index (χ3v) is 4.25. The topological polar surface area (TPSA) is 62.2 Å². The molecule has 0 radical (unpaired) electrons. The first-order valence-electron chi connectivity index (χ1n) is 8.55. The van der Waals surface area contributed by atoms with E-state index >= 15 is 0 Å². The van der Waals surface area contributed by atoms with Gasteiger partial charge in [0.15, 0.2) is 0 Å². The van der Waals surface area contributed by atoms with E-state index in [1.165, 1.54) is 30.6 Å². The Balaban J connectivity index is 1.81. The highest BCUT2D eigenvalue weighted by atomic mass is 16.6. The number of rotatable bonds is 5. The SMILES string of the molecule is CN(CC1=NN(CCC2CCCC2)C(=O)C1)C(=O)OC(C)(C)C. The Morgan fingerprint density at radius 3 is 2.61 bits per heavy atom. The molecule has 6 nitrogen and oxygen atoms in total. The number of carbonyl (C=O) groups excluding carboxylic acids is 2. The van der Waals surface area contributed by atoms with E-state index in [0.717, 1.165) is 18.1 Å². The molecule has 0 aromatic carbocycles. The number of carbonyl (C=O) groups is 2. The molecule has 130 valence electrons. The zero-order chi connectivity index (χ0) is 17.0. The minimum Gasteiger partial charge on any atom is -0.444 e. The van der Waals surface area contributed by atoms with E-state index in [1.54, 1.807) is 12.1 Å². The molecular formula is C17H29N3O3. The molecule has 6 heteroatoms. The Morgan fingerprint density at radius 1 is 1.35 bits per heavy atom. The van der Waals surface area contributed by atoms with Crippen LogP contribution in [0, 0.1) is 5.92 Å². The summed E-state index contributed by atoms with van der Waals surface area (Å²) in [6.07, 6.45) is 6.13. The van der Waals surface area contributed by atoms with E-state index in [-0.39, 0.29) is 5.91 Å². The van der Waals surface area contributed by atoms with Gasteiger partial charge in [0.2, 0.25) is 5.91 Å². The predicted molar refractivity (Wildman–Crippen MR) is 89.2 cm³/mol. The van der Waals surface area contributed by atoms with Gasteiger partial charge in [-0.1, -0.05) is 25.7 Å². The molecule has 1 saturated carbocycles. The van der Waals surface area contributed by atoms with Crippen molar-refractivity contribution in [2.24, 2.45) is 11.0 Å². The van der Waals surface area contributed by atoms with E-state index in [4.69, 9.17) is 4.74 Å². The minimum atomic E-state index is -0.522. The Kier molecular flexibility index (Phi) is 5.65. The lowest BCUT2D eigenvalue weighted by atomic mass is 10.0. The number of hydrazone groups is 1. The predicted octanol–water partition coefficient (Wildman–Crippen LogP) is 3.02. The van der Waals surface area contributed by atoms with E-state index in [0.29, 0.717) is 19.5 Å². The third-order valence-electron chi connectivity index (χ3n) is 4.25. The van der Waals surface area contributed by atoms with Crippen LogP contribution in [0.2, 0.25) is 0 Å². The van der Waals surface area contributed by atoms with Crippen LogP contribution < -0.4 is 0 Å². The molecule has 0 atom stereocenters. The molecule has 2 aliphatic rings. The fourth-order valence-electron chi connectivity index (χ4n) is 3.07. The highest BCUT2D eigenvalue weighted by Crippen LogP contribution is 2.28. The Bertz CT molecular complexity index is 476. The smallest absolute Gasteiger partial charge is 0.410 e. The van der Waals surface area contributed by atoms with Crippen LogP contribution in [0.25, 0.3) is 0 Å². The normalized spacial score (nSPS) is 19.2. The number of amides is 2. The van der Waals surface area contributed by atoms with Crippen molar-refractivity contribution in [3.05, 3.63) is 0 Å². The Morgan fingerprint density at radius 2 is 2.00 bits per heavy atom. The third kappa shape index (κ3) is 5.52. The van der Waals surface area contributed by atoms with Crippen LogP contribution >= 0.6 is 0 Å². The van der Waals surface area contributed by atoms with Crippen molar-refractivity contribution in [2.45, 2.75) is 64.9 Å². The lowest BCUT2D eigenvalue weighted by Gasteiger charge is -2.24. The monoisotopic (exact) mass is 323 g/mol. The van der Waals surface area contributed by atoms with E-state index in [2.05, 4.69) is 5.10 Å². The second kappa shape index (κ2) is 7.32. The molecule has 0 N–H and O–H groups in total. The average Bonchev–Trinajstić information content (AvgIpc) is 3.04. The summed E-state index contributed by atoms with van der Waals surface area (Å²) >= 11 is 0. The molecule has 23 heavy (non-hydrogen) atoms. The molecule has 1 heterocycles. The molecule has 1 aliphatic heterocycles. The van der Waals surface area contributed by atoms with Crippen molar-refractivity contribution >= 4 is 17.7 Å². The van der Waals surface area contributed by atoms with Crippen LogP contribution in [-0.2, 0) is 9.53 Å². The van der Waals surface area contributed by atoms with E-state index in [1.807, 2.05) is 20.8 Å². The molecule has 0 aromatic heterocycles. The average molecular weight is 323 g/mol. The molecule has 0 bridgehead atoms. The van der Waals surface area contributed by atoms with Gasteiger partial charge in [-0.05, 0) is 33.1 Å². The van der Waals surface area contributed by atoms with Crippen LogP contribution in [-0.4, -0.2) is 53.4 Å². The largest absolute Gasteiger partial charge is 0.444 e. The van der Waals surface area contributed by atoms with Gasteiger partial charge in [-0.3, -0.25) is 4.79 Å². The van der Waals surface area contributed by atoms with Crippen molar-refractivity contribution in [3.8, 4) is 0 Å². The molecule has 0 saturated heterocycles. The van der Waals surface area contributed by atoms with Gasteiger partial charge in [0.1, 0.15) is 5.60 Å². The summed E-state index contributed by atoms with van der Waals surface area (Å²) in [5, 5.41) is 5.98. The molecule has 1 aliphatic carbocycles. The summed E-state index contributed by atoms with van der Waals surface area (Å²) in [5.74, 6) is 0.780. The number of hydrogen-bond donors (Lipinski definition) is 0. The fraction of sp³-hybridized carbons (Fsp3) is 0.824. The molecule has 1 fully saturated rings. The summed E-state index contributed by atoms with van der Waals surface area (Å²) < 4.78 is 5.31. The van der Waals surface area contributed by atoms with Crippen LogP contribution in [0.5, 0.6) is 0 Å². The van der Waals surface area contributed by atoms with Gasteiger partial charge < -0.3 is 9.64 Å². The van der Waals surface area contributed by atoms with Gasteiger partial charge in [0.05, 0.1) is 18.7 Å². The second-order valence-electron chi connectivity index (χ2n) is 7.64. The Hall–Kier alpha value is -1.59. The van der Waals surface area contributed by atoms with Crippen molar-refractivity contribution in [2.75, 3.05) is 20.1 Å². The summed E-state index contributed by atoms with van der Waals surface area (Å²) in [5.41, 5.74) is 0.209. The maximum Gasteiger partial charge on any atom is 0.410 e. The summed E-state index contributed by atoms with van der Waals surface area (Å²) in [6, 6.07) is 0. The molecule has 0 aromatic rings. The van der Waals surface area contributed by atoms with Gasteiger partial charge in [0, 0.05) is 13.6 Å². The van der Waals surface area contributed by atoms with Crippen LogP contribution in [0.1, 0.15) is 59.3 Å². The van der Waals surface area contributed by atoms with Crippen molar-refractivity contribution in [1.82, 2.24) is 9.91 Å². The first-order chi connectivity index (χ1) is 10.7. The fourth-order valence-corrected chi connectivity index (χ4v) is 3.07. The van der Waals surface area contributed by atoms with Gasteiger partial charge in [-0.2, -0.15) is 5.10 Å². The summed E-state index contributed by atoms with van der Waals surface area (Å²) in [6.45, 7) is 6.53. The lowest BCUT2D eigenvalue weighted by molar-refractivity contribution is -0.128. The van der Waals surface area contributed by atoms with Crippen LogP contribution in [0.3, 0.4) is 0 Å². The van der Waals surface area contributed by atoms with E-state index < -0.39 is 11.7 Å². The minimum absolute atomic E-state index is 0.0376. The summed E-state index contributed by atoms with van der Waals surface area (Å²) in [4.78, 5) is 25.5. The quantitative estimate of drug-likeness (QED) is 0.781. The van der Waals surface area contributed by atoms with Gasteiger partial charge in [-0.25, -0.2) is 9.80 Å². The molecular weight excluding hydrogens is 294 g/mol. The van der Waals surface area contributed by atoms with Crippen molar-refractivity contribution in [3.63, 3.8) is 0 Å². The maximum atomic E-state index is 12.0. The highest BCUT2D eigenvalue weighted by Gasteiger charge is 2.27. The first kappa shape index (κ1) is 17.8. The first-order valence-corrected chi connectivity index (χ1v) is 8.55. The lowest BCUT2D eigenvalue weighted by Crippen LogP contribution is -2.37. The van der Waals surface area contributed by atoms with Crippen molar-refractivity contribution in [1.29, 1.82) is 0 Å². The maximum absolute atomic E-state index is 12.0. The van der Waals surface area contributed by atoms with E-state index in [9.17, 15) is 9.59 Å². The van der Waals surface area contributed by atoms with Crippen molar-refractivity contribution < 1.29 is 14.3 Å². The van der Waals surface area contributed by atoms with Gasteiger partial charge in [-0.15, -0.1) is 0 Å². The molecule has 2 rings (SSSR count). The molecule has 0 spiro atoms.